The smallest absolute Gasteiger partial charge is 0.305 e. The normalized spacial score (nSPS) is 10.4. The summed E-state index contributed by atoms with van der Waals surface area (Å²) in [6, 6.07) is 10.0. The van der Waals surface area contributed by atoms with Crippen LogP contribution in [0.5, 0.6) is 0 Å². The molecule has 1 heterocycles. The summed E-state index contributed by atoms with van der Waals surface area (Å²) < 4.78 is 0. The van der Waals surface area contributed by atoms with Gasteiger partial charge in [0.25, 0.3) is 0 Å². The second kappa shape index (κ2) is 6.88. The summed E-state index contributed by atoms with van der Waals surface area (Å²) in [6.07, 6.45) is 3.74. The Labute approximate surface area is 125 Å². The number of pyridine rings is 1. The Balaban J connectivity index is 2.26. The molecule has 0 radical (unpaired) electrons. The first-order chi connectivity index (χ1) is 10.1. The van der Waals surface area contributed by atoms with Gasteiger partial charge in [-0.15, -0.1) is 0 Å². The van der Waals surface area contributed by atoms with E-state index in [9.17, 15) is 4.79 Å². The highest BCUT2D eigenvalue weighted by Crippen LogP contribution is 2.22. The van der Waals surface area contributed by atoms with E-state index in [1.807, 2.05) is 50.4 Å². The predicted octanol–water partition coefficient (Wildman–Crippen LogP) is 3.18. The van der Waals surface area contributed by atoms with Gasteiger partial charge in [-0.2, -0.15) is 0 Å². The molecule has 4 nitrogen and oxygen atoms in total. The number of aromatic nitrogens is 1. The molecular weight excluding hydrogens is 264 g/mol. The van der Waals surface area contributed by atoms with E-state index >= 15 is 0 Å². The van der Waals surface area contributed by atoms with Crippen molar-refractivity contribution in [1.29, 1.82) is 0 Å². The largest absolute Gasteiger partial charge is 0.481 e. The lowest BCUT2D eigenvalue weighted by Crippen LogP contribution is -2.26. The second-order valence-electron chi connectivity index (χ2n) is 5.15. The topological polar surface area (TPSA) is 53.4 Å². The van der Waals surface area contributed by atoms with Crippen LogP contribution in [0.25, 0.3) is 0 Å². The third-order valence-corrected chi connectivity index (χ3v) is 3.56. The van der Waals surface area contributed by atoms with Crippen LogP contribution in [0.3, 0.4) is 0 Å². The summed E-state index contributed by atoms with van der Waals surface area (Å²) >= 11 is 0. The Morgan fingerprint density at radius 3 is 2.62 bits per heavy atom. The standard InChI is InChI=1S/C17H20N2O2/c1-13-7-9-18-11-15(13)12-19(10-8-17(20)21)16-6-4-3-5-14(16)2/h3-7,9,11H,8,10,12H2,1-2H3,(H,20,21). The van der Waals surface area contributed by atoms with E-state index in [0.717, 1.165) is 16.8 Å². The highest BCUT2D eigenvalue weighted by Gasteiger charge is 2.12. The number of benzene rings is 1. The van der Waals surface area contributed by atoms with Crippen molar-refractivity contribution in [2.75, 3.05) is 11.4 Å². The van der Waals surface area contributed by atoms with Crippen molar-refractivity contribution in [3.05, 3.63) is 59.4 Å². The molecular formula is C17H20N2O2. The Morgan fingerprint density at radius 2 is 1.95 bits per heavy atom. The van der Waals surface area contributed by atoms with E-state index < -0.39 is 5.97 Å². The number of aliphatic carboxylic acids is 1. The third-order valence-electron chi connectivity index (χ3n) is 3.56. The van der Waals surface area contributed by atoms with Crippen LogP contribution in [-0.2, 0) is 11.3 Å². The molecule has 1 aromatic carbocycles. The Kier molecular flexibility index (Phi) is 4.93. The number of nitrogens with zero attached hydrogens (tertiary/aromatic N) is 2. The van der Waals surface area contributed by atoms with E-state index in [1.165, 1.54) is 5.56 Å². The quantitative estimate of drug-likeness (QED) is 0.885. The molecule has 1 N–H and O–H groups in total. The number of anilines is 1. The highest BCUT2D eigenvalue weighted by molar-refractivity contribution is 5.68. The van der Waals surface area contributed by atoms with E-state index in [0.29, 0.717) is 13.1 Å². The minimum absolute atomic E-state index is 0.119. The zero-order valence-corrected chi connectivity index (χ0v) is 12.4. The monoisotopic (exact) mass is 284 g/mol. The highest BCUT2D eigenvalue weighted by atomic mass is 16.4. The van der Waals surface area contributed by atoms with Crippen molar-refractivity contribution in [1.82, 2.24) is 4.98 Å². The fourth-order valence-corrected chi connectivity index (χ4v) is 2.30. The van der Waals surface area contributed by atoms with Crippen LogP contribution in [-0.4, -0.2) is 22.6 Å². The lowest BCUT2D eigenvalue weighted by Gasteiger charge is -2.26. The second-order valence-corrected chi connectivity index (χ2v) is 5.15. The van der Waals surface area contributed by atoms with Crippen LogP contribution in [0.2, 0.25) is 0 Å². The number of carbonyl (C=O) groups is 1. The van der Waals surface area contributed by atoms with Gasteiger partial charge in [-0.05, 0) is 42.7 Å². The summed E-state index contributed by atoms with van der Waals surface area (Å²) in [5.41, 5.74) is 4.50. The Morgan fingerprint density at radius 1 is 1.19 bits per heavy atom. The molecule has 0 aliphatic heterocycles. The van der Waals surface area contributed by atoms with Gasteiger partial charge in [-0.3, -0.25) is 9.78 Å². The first-order valence-electron chi connectivity index (χ1n) is 7.00. The fraction of sp³-hybridized carbons (Fsp3) is 0.294. The maximum atomic E-state index is 10.9. The lowest BCUT2D eigenvalue weighted by molar-refractivity contribution is -0.136. The number of para-hydroxylation sites is 1. The molecule has 0 saturated heterocycles. The zero-order chi connectivity index (χ0) is 15.2. The molecule has 1 aromatic heterocycles. The summed E-state index contributed by atoms with van der Waals surface area (Å²) in [7, 11) is 0. The third kappa shape index (κ3) is 4.05. The molecule has 21 heavy (non-hydrogen) atoms. The number of carboxylic acids is 1. The van der Waals surface area contributed by atoms with E-state index in [2.05, 4.69) is 9.88 Å². The molecule has 0 saturated carbocycles. The first-order valence-corrected chi connectivity index (χ1v) is 7.00. The van der Waals surface area contributed by atoms with Crippen molar-refractivity contribution >= 4 is 11.7 Å². The molecule has 0 aliphatic carbocycles. The molecule has 4 heteroatoms. The minimum atomic E-state index is -0.781. The summed E-state index contributed by atoms with van der Waals surface area (Å²) in [5, 5.41) is 8.96. The van der Waals surface area contributed by atoms with Crippen LogP contribution in [0.4, 0.5) is 5.69 Å². The number of rotatable bonds is 6. The number of aryl methyl sites for hydroxylation is 2. The van der Waals surface area contributed by atoms with Gasteiger partial charge < -0.3 is 10.0 Å². The maximum absolute atomic E-state index is 10.9. The molecule has 2 rings (SSSR count). The van der Waals surface area contributed by atoms with Gasteiger partial charge >= 0.3 is 5.97 Å². The molecule has 0 atom stereocenters. The summed E-state index contributed by atoms with van der Waals surface area (Å²) in [6.45, 7) is 5.23. The summed E-state index contributed by atoms with van der Waals surface area (Å²) in [5.74, 6) is -0.781. The Hall–Kier alpha value is -2.36. The molecule has 0 spiro atoms. The SMILES string of the molecule is Cc1ccncc1CN(CCC(=O)O)c1ccccc1C. The van der Waals surface area contributed by atoms with Gasteiger partial charge in [-0.25, -0.2) is 0 Å². The van der Waals surface area contributed by atoms with Crippen LogP contribution < -0.4 is 4.90 Å². The van der Waals surface area contributed by atoms with E-state index in [4.69, 9.17) is 5.11 Å². The van der Waals surface area contributed by atoms with Crippen molar-refractivity contribution in [2.45, 2.75) is 26.8 Å². The average Bonchev–Trinajstić information content (AvgIpc) is 2.46. The van der Waals surface area contributed by atoms with Crippen LogP contribution in [0.1, 0.15) is 23.1 Å². The van der Waals surface area contributed by atoms with Gasteiger partial charge in [0.15, 0.2) is 0 Å². The van der Waals surface area contributed by atoms with Crippen molar-refractivity contribution in [3.8, 4) is 0 Å². The first kappa shape index (κ1) is 15.0. The van der Waals surface area contributed by atoms with Gasteiger partial charge in [0.2, 0.25) is 0 Å². The predicted molar refractivity (Wildman–Crippen MR) is 83.5 cm³/mol. The zero-order valence-electron chi connectivity index (χ0n) is 12.4. The van der Waals surface area contributed by atoms with E-state index in [1.54, 1.807) is 6.20 Å². The molecule has 0 amide bonds. The molecule has 110 valence electrons. The lowest BCUT2D eigenvalue weighted by atomic mass is 10.1. The molecule has 0 fully saturated rings. The van der Waals surface area contributed by atoms with Crippen molar-refractivity contribution in [2.24, 2.45) is 0 Å². The van der Waals surface area contributed by atoms with Gasteiger partial charge in [-0.1, -0.05) is 18.2 Å². The van der Waals surface area contributed by atoms with Gasteiger partial charge in [0.1, 0.15) is 0 Å². The van der Waals surface area contributed by atoms with Gasteiger partial charge in [0, 0.05) is 31.2 Å². The van der Waals surface area contributed by atoms with Crippen LogP contribution in [0, 0.1) is 13.8 Å². The fourth-order valence-electron chi connectivity index (χ4n) is 2.30. The van der Waals surface area contributed by atoms with Crippen LogP contribution in [0.15, 0.2) is 42.7 Å². The number of carboxylic acid groups (broad SMARTS) is 1. The van der Waals surface area contributed by atoms with Crippen LogP contribution >= 0.6 is 0 Å². The van der Waals surface area contributed by atoms with E-state index in [-0.39, 0.29) is 6.42 Å². The molecule has 0 aliphatic rings. The number of hydrogen-bond acceptors (Lipinski definition) is 3. The van der Waals surface area contributed by atoms with Crippen molar-refractivity contribution < 1.29 is 9.90 Å². The summed E-state index contributed by atoms with van der Waals surface area (Å²) in [4.78, 5) is 17.2. The average molecular weight is 284 g/mol. The molecule has 2 aromatic rings. The number of hydrogen-bond donors (Lipinski definition) is 1. The minimum Gasteiger partial charge on any atom is -0.481 e. The maximum Gasteiger partial charge on any atom is 0.305 e. The van der Waals surface area contributed by atoms with Crippen molar-refractivity contribution in [3.63, 3.8) is 0 Å². The molecule has 0 unspecified atom stereocenters. The van der Waals surface area contributed by atoms with Gasteiger partial charge in [0.05, 0.1) is 6.42 Å². The molecule has 0 bridgehead atoms. The Bertz CT molecular complexity index is 626.